The van der Waals surface area contributed by atoms with Crippen LogP contribution in [0.15, 0.2) is 24.4 Å². The number of halogens is 1. The van der Waals surface area contributed by atoms with Crippen LogP contribution in [-0.4, -0.2) is 27.6 Å². The van der Waals surface area contributed by atoms with Crippen LogP contribution >= 0.6 is 15.9 Å². The van der Waals surface area contributed by atoms with Crippen molar-refractivity contribution in [1.29, 1.82) is 0 Å². The number of aromatic nitrogens is 2. The molecule has 0 bridgehead atoms. The van der Waals surface area contributed by atoms with Crippen LogP contribution in [0.4, 0.5) is 5.69 Å². The number of anilines is 1. The van der Waals surface area contributed by atoms with Crippen molar-refractivity contribution in [2.45, 2.75) is 6.42 Å². The first-order valence-corrected chi connectivity index (χ1v) is 7.10. The summed E-state index contributed by atoms with van der Waals surface area (Å²) < 4.78 is 1.83. The number of rotatable bonds is 2. The van der Waals surface area contributed by atoms with Crippen molar-refractivity contribution in [3.63, 3.8) is 0 Å². The number of benzene rings is 1. The normalized spacial score (nSPS) is 20.0. The van der Waals surface area contributed by atoms with Gasteiger partial charge < -0.3 is 4.90 Å². The topological polar surface area (TPSA) is 38.1 Å². The minimum atomic E-state index is 0.202. The Hall–Kier alpha value is -1.36. The smallest absolute Gasteiger partial charge is 0.227 e. The lowest BCUT2D eigenvalue weighted by Crippen LogP contribution is -2.25. The van der Waals surface area contributed by atoms with E-state index >= 15 is 0 Å². The third-order valence-corrected chi connectivity index (χ3v) is 4.37. The molecule has 0 spiro atoms. The van der Waals surface area contributed by atoms with Crippen LogP contribution in [0.25, 0.3) is 10.9 Å². The Balaban J connectivity index is 2.09. The number of carbonyl (C=O) groups excluding carboxylic acids is 1. The second-order valence-electron chi connectivity index (χ2n) is 4.71. The van der Waals surface area contributed by atoms with Crippen LogP contribution in [0.2, 0.25) is 0 Å². The second kappa shape index (κ2) is 4.39. The zero-order chi connectivity index (χ0) is 12.7. The maximum Gasteiger partial charge on any atom is 0.227 e. The zero-order valence-electron chi connectivity index (χ0n) is 10.1. The summed E-state index contributed by atoms with van der Waals surface area (Å²) in [5.74, 6) is 0.606. The fourth-order valence-corrected chi connectivity index (χ4v) is 2.98. The molecular weight excluding hydrogens is 294 g/mol. The van der Waals surface area contributed by atoms with Gasteiger partial charge in [-0.15, -0.1) is 0 Å². The van der Waals surface area contributed by atoms with Gasteiger partial charge in [-0.1, -0.05) is 28.1 Å². The summed E-state index contributed by atoms with van der Waals surface area (Å²) >= 11 is 3.46. The first-order valence-electron chi connectivity index (χ1n) is 5.97. The lowest BCUT2D eigenvalue weighted by atomic mass is 10.1. The molecule has 2 heterocycles. The molecule has 0 aliphatic carbocycles. The van der Waals surface area contributed by atoms with Crippen LogP contribution in [-0.2, 0) is 11.8 Å². The molecule has 4 nitrogen and oxygen atoms in total. The highest BCUT2D eigenvalue weighted by atomic mass is 79.9. The van der Waals surface area contributed by atoms with E-state index in [-0.39, 0.29) is 5.91 Å². The van der Waals surface area contributed by atoms with Gasteiger partial charge in [0.2, 0.25) is 5.91 Å². The number of hydrogen-bond acceptors (Lipinski definition) is 2. The summed E-state index contributed by atoms with van der Waals surface area (Å²) in [6.45, 7) is 0.786. The molecule has 1 aromatic carbocycles. The number of fused-ring (bicyclic) bond motifs is 1. The van der Waals surface area contributed by atoms with Gasteiger partial charge in [-0.2, -0.15) is 5.10 Å². The van der Waals surface area contributed by atoms with Crippen LogP contribution in [0.1, 0.15) is 6.42 Å². The summed E-state index contributed by atoms with van der Waals surface area (Å²) in [6.07, 6.45) is 2.46. The molecule has 1 amide bonds. The number of aryl methyl sites for hydroxylation is 1. The standard InChI is InChI=1S/C13H14BrN3O/c1-16-13-10(7-15-16)3-2-4-11(13)17-8-9(6-14)5-12(17)18/h2-4,7,9H,5-6,8H2,1H3. The van der Waals surface area contributed by atoms with Crippen LogP contribution < -0.4 is 4.90 Å². The first-order chi connectivity index (χ1) is 8.70. The van der Waals surface area contributed by atoms with Crippen LogP contribution in [0.3, 0.4) is 0 Å². The summed E-state index contributed by atoms with van der Waals surface area (Å²) in [5.41, 5.74) is 2.00. The molecule has 18 heavy (non-hydrogen) atoms. The average Bonchev–Trinajstić information content (AvgIpc) is 2.93. The monoisotopic (exact) mass is 307 g/mol. The summed E-state index contributed by atoms with van der Waals surface area (Å²) in [6, 6.07) is 6.00. The highest BCUT2D eigenvalue weighted by Gasteiger charge is 2.31. The average molecular weight is 308 g/mol. The minimum Gasteiger partial charge on any atom is -0.310 e. The molecular formula is C13H14BrN3O. The number of carbonyl (C=O) groups is 1. The van der Waals surface area contributed by atoms with Crippen LogP contribution in [0, 0.1) is 5.92 Å². The molecule has 1 atom stereocenters. The molecule has 1 aromatic heterocycles. The van der Waals surface area contributed by atoms with Gasteiger partial charge in [0, 0.05) is 30.7 Å². The number of para-hydroxylation sites is 1. The zero-order valence-corrected chi connectivity index (χ0v) is 11.7. The Bertz CT molecular complexity index is 607. The molecule has 94 valence electrons. The molecule has 3 rings (SSSR count). The van der Waals surface area contributed by atoms with Crippen molar-refractivity contribution in [3.05, 3.63) is 24.4 Å². The molecule has 1 fully saturated rings. The fraction of sp³-hybridized carbons (Fsp3) is 0.385. The van der Waals surface area contributed by atoms with E-state index in [0.29, 0.717) is 12.3 Å². The van der Waals surface area contributed by atoms with Crippen LogP contribution in [0.5, 0.6) is 0 Å². The predicted molar refractivity (Wildman–Crippen MR) is 75.0 cm³/mol. The maximum absolute atomic E-state index is 12.1. The van der Waals surface area contributed by atoms with Gasteiger partial charge in [0.1, 0.15) is 0 Å². The van der Waals surface area contributed by atoms with Gasteiger partial charge in [-0.3, -0.25) is 9.48 Å². The summed E-state index contributed by atoms with van der Waals surface area (Å²) in [4.78, 5) is 14.0. The molecule has 0 N–H and O–H groups in total. The highest BCUT2D eigenvalue weighted by molar-refractivity contribution is 9.09. The third-order valence-electron chi connectivity index (χ3n) is 3.45. The van der Waals surface area contributed by atoms with Crippen molar-refractivity contribution in [2.24, 2.45) is 13.0 Å². The third kappa shape index (κ3) is 1.73. The SMILES string of the molecule is Cn1ncc2cccc(N3CC(CBr)CC3=O)c21. The van der Waals surface area contributed by atoms with E-state index in [1.54, 1.807) is 0 Å². The van der Waals surface area contributed by atoms with Gasteiger partial charge in [0.25, 0.3) is 0 Å². The van der Waals surface area contributed by atoms with E-state index < -0.39 is 0 Å². The molecule has 0 radical (unpaired) electrons. The van der Waals surface area contributed by atoms with Crippen molar-refractivity contribution in [3.8, 4) is 0 Å². The van der Waals surface area contributed by atoms with Crippen molar-refractivity contribution >= 4 is 38.4 Å². The predicted octanol–water partition coefficient (Wildman–Crippen LogP) is 2.32. The minimum absolute atomic E-state index is 0.202. The van der Waals surface area contributed by atoms with Crippen molar-refractivity contribution in [1.82, 2.24) is 9.78 Å². The highest BCUT2D eigenvalue weighted by Crippen LogP contribution is 2.31. The Labute approximate surface area is 114 Å². The van der Waals surface area contributed by atoms with E-state index in [9.17, 15) is 4.79 Å². The number of amides is 1. The molecule has 1 aliphatic rings. The number of nitrogens with zero attached hydrogens (tertiary/aromatic N) is 3. The first kappa shape index (κ1) is 11.7. The Kier molecular flexibility index (Phi) is 2.86. The van der Waals surface area contributed by atoms with Crippen molar-refractivity contribution in [2.75, 3.05) is 16.8 Å². The molecule has 1 aliphatic heterocycles. The number of alkyl halides is 1. The lowest BCUT2D eigenvalue weighted by molar-refractivity contribution is -0.117. The van der Waals surface area contributed by atoms with E-state index in [2.05, 4.69) is 21.0 Å². The van der Waals surface area contributed by atoms with E-state index in [0.717, 1.165) is 28.5 Å². The lowest BCUT2D eigenvalue weighted by Gasteiger charge is -2.18. The maximum atomic E-state index is 12.1. The molecule has 2 aromatic rings. The van der Waals surface area contributed by atoms with Gasteiger partial charge >= 0.3 is 0 Å². The van der Waals surface area contributed by atoms with E-state index in [1.807, 2.05) is 41.0 Å². The Morgan fingerprint density at radius 3 is 3.06 bits per heavy atom. The molecule has 0 saturated carbocycles. The second-order valence-corrected chi connectivity index (χ2v) is 5.36. The largest absolute Gasteiger partial charge is 0.310 e. The van der Waals surface area contributed by atoms with E-state index in [1.165, 1.54) is 0 Å². The quantitative estimate of drug-likeness (QED) is 0.799. The van der Waals surface area contributed by atoms with E-state index in [4.69, 9.17) is 0 Å². The molecule has 1 unspecified atom stereocenters. The van der Waals surface area contributed by atoms with Gasteiger partial charge in [-0.05, 0) is 12.0 Å². The number of hydrogen-bond donors (Lipinski definition) is 0. The van der Waals surface area contributed by atoms with Gasteiger partial charge in [-0.25, -0.2) is 0 Å². The molecule has 1 saturated heterocycles. The van der Waals surface area contributed by atoms with Gasteiger partial charge in [0.05, 0.1) is 17.4 Å². The summed E-state index contributed by atoms with van der Waals surface area (Å²) in [5, 5.41) is 6.21. The summed E-state index contributed by atoms with van der Waals surface area (Å²) in [7, 11) is 1.91. The van der Waals surface area contributed by atoms with Crippen molar-refractivity contribution < 1.29 is 4.79 Å². The Morgan fingerprint density at radius 2 is 2.33 bits per heavy atom. The van der Waals surface area contributed by atoms with Gasteiger partial charge in [0.15, 0.2) is 0 Å². The fourth-order valence-electron chi connectivity index (χ4n) is 2.55. The molecule has 5 heteroatoms. The Morgan fingerprint density at radius 1 is 1.50 bits per heavy atom.